The Balaban J connectivity index is 1.42. The third-order valence-electron chi connectivity index (χ3n) is 5.00. The van der Waals surface area contributed by atoms with Gasteiger partial charge in [-0.2, -0.15) is 0 Å². The number of aromatic amines is 1. The number of pyridine rings is 2. The number of benzene rings is 1. The van der Waals surface area contributed by atoms with E-state index in [-0.39, 0.29) is 0 Å². The van der Waals surface area contributed by atoms with Gasteiger partial charge in [0.15, 0.2) is 5.82 Å². The largest absolute Gasteiger partial charge is 0.370 e. The number of rotatable bonds is 6. The number of hydrogen-bond acceptors (Lipinski definition) is 5. The summed E-state index contributed by atoms with van der Waals surface area (Å²) >= 11 is 0. The van der Waals surface area contributed by atoms with Crippen LogP contribution in [0.2, 0.25) is 0 Å². The van der Waals surface area contributed by atoms with E-state index in [2.05, 4.69) is 44.7 Å². The lowest BCUT2D eigenvalue weighted by molar-refractivity contribution is 1.01. The standard InChI is InChI=1S/C24H20N6/c1-2-6-21-20(5-1)18(16-28-21)9-13-27-23-14-22(17-7-11-25-12-8-17)29-24(30-23)19-4-3-10-26-15-19/h1-8,10-12,14-16,28H,9,13H2,(H,27,29,30). The summed E-state index contributed by atoms with van der Waals surface area (Å²) in [5.74, 6) is 1.43. The molecule has 2 N–H and O–H groups in total. The molecule has 146 valence electrons. The zero-order valence-corrected chi connectivity index (χ0v) is 16.3. The Bertz CT molecular complexity index is 1210. The monoisotopic (exact) mass is 392 g/mol. The van der Waals surface area contributed by atoms with E-state index < -0.39 is 0 Å². The minimum absolute atomic E-state index is 0.645. The van der Waals surface area contributed by atoms with E-state index in [4.69, 9.17) is 9.97 Å². The Hall–Kier alpha value is -4.06. The van der Waals surface area contributed by atoms with E-state index in [0.717, 1.165) is 41.1 Å². The minimum atomic E-state index is 0.645. The average Bonchev–Trinajstić information content (AvgIpc) is 3.23. The maximum absolute atomic E-state index is 4.75. The molecule has 0 atom stereocenters. The van der Waals surface area contributed by atoms with Crippen molar-refractivity contribution in [3.05, 3.63) is 91.1 Å². The van der Waals surface area contributed by atoms with Crippen molar-refractivity contribution in [3.63, 3.8) is 0 Å². The van der Waals surface area contributed by atoms with Crippen LogP contribution in [0.3, 0.4) is 0 Å². The number of nitrogens with zero attached hydrogens (tertiary/aromatic N) is 4. The van der Waals surface area contributed by atoms with Crippen molar-refractivity contribution in [2.24, 2.45) is 0 Å². The molecule has 5 aromatic rings. The van der Waals surface area contributed by atoms with Crippen molar-refractivity contribution in [1.82, 2.24) is 24.9 Å². The van der Waals surface area contributed by atoms with Gasteiger partial charge in [-0.1, -0.05) is 18.2 Å². The van der Waals surface area contributed by atoms with Gasteiger partial charge in [0.25, 0.3) is 0 Å². The highest BCUT2D eigenvalue weighted by Gasteiger charge is 2.09. The van der Waals surface area contributed by atoms with Crippen molar-refractivity contribution in [2.75, 3.05) is 11.9 Å². The Labute approximate surface area is 174 Å². The highest BCUT2D eigenvalue weighted by atomic mass is 15.0. The van der Waals surface area contributed by atoms with Gasteiger partial charge >= 0.3 is 0 Å². The molecule has 5 rings (SSSR count). The molecule has 0 radical (unpaired) electrons. The topological polar surface area (TPSA) is 79.4 Å². The highest BCUT2D eigenvalue weighted by Crippen LogP contribution is 2.24. The van der Waals surface area contributed by atoms with Gasteiger partial charge in [0, 0.05) is 65.6 Å². The minimum Gasteiger partial charge on any atom is -0.370 e. The summed E-state index contributed by atoms with van der Waals surface area (Å²) < 4.78 is 0. The second-order valence-electron chi connectivity index (χ2n) is 6.98. The lowest BCUT2D eigenvalue weighted by atomic mass is 10.1. The first kappa shape index (κ1) is 18.0. The number of nitrogens with one attached hydrogen (secondary N) is 2. The predicted octanol–water partition coefficient (Wildman–Crippen LogP) is 4.74. The second kappa shape index (κ2) is 8.13. The van der Waals surface area contributed by atoms with Crippen molar-refractivity contribution in [2.45, 2.75) is 6.42 Å². The predicted molar refractivity (Wildman–Crippen MR) is 119 cm³/mol. The third kappa shape index (κ3) is 3.75. The smallest absolute Gasteiger partial charge is 0.163 e. The lowest BCUT2D eigenvalue weighted by Gasteiger charge is -2.10. The van der Waals surface area contributed by atoms with Gasteiger partial charge in [-0.3, -0.25) is 9.97 Å². The molecule has 4 aromatic heterocycles. The van der Waals surface area contributed by atoms with Crippen LogP contribution in [0.15, 0.2) is 85.6 Å². The van der Waals surface area contributed by atoms with Crippen molar-refractivity contribution in [3.8, 4) is 22.6 Å². The molecule has 0 saturated heterocycles. The van der Waals surface area contributed by atoms with E-state index in [0.29, 0.717) is 5.82 Å². The van der Waals surface area contributed by atoms with Crippen LogP contribution in [0.1, 0.15) is 5.56 Å². The fourth-order valence-electron chi connectivity index (χ4n) is 3.50. The Morgan fingerprint density at radius 2 is 1.73 bits per heavy atom. The molecule has 0 bridgehead atoms. The summed E-state index contributed by atoms with van der Waals surface area (Å²) in [6.45, 7) is 0.765. The maximum Gasteiger partial charge on any atom is 0.163 e. The van der Waals surface area contributed by atoms with Crippen LogP contribution in [-0.4, -0.2) is 31.5 Å². The van der Waals surface area contributed by atoms with Gasteiger partial charge in [-0.15, -0.1) is 0 Å². The van der Waals surface area contributed by atoms with Gasteiger partial charge in [0.2, 0.25) is 0 Å². The van der Waals surface area contributed by atoms with E-state index in [9.17, 15) is 0 Å². The summed E-state index contributed by atoms with van der Waals surface area (Å²) in [6, 6.07) is 18.1. The fraction of sp³-hybridized carbons (Fsp3) is 0.0833. The van der Waals surface area contributed by atoms with E-state index in [1.807, 2.05) is 36.4 Å². The van der Waals surface area contributed by atoms with Gasteiger partial charge in [0.05, 0.1) is 5.69 Å². The number of aromatic nitrogens is 5. The quantitative estimate of drug-likeness (QED) is 0.436. The summed E-state index contributed by atoms with van der Waals surface area (Å²) in [5.41, 5.74) is 5.17. The number of hydrogen-bond donors (Lipinski definition) is 2. The Kier molecular flexibility index (Phi) is 4.88. The summed E-state index contributed by atoms with van der Waals surface area (Å²) in [7, 11) is 0. The zero-order valence-electron chi connectivity index (χ0n) is 16.3. The van der Waals surface area contributed by atoms with Crippen LogP contribution in [-0.2, 0) is 6.42 Å². The molecule has 30 heavy (non-hydrogen) atoms. The van der Waals surface area contributed by atoms with E-state index >= 15 is 0 Å². The molecule has 6 nitrogen and oxygen atoms in total. The zero-order chi connectivity index (χ0) is 20.2. The van der Waals surface area contributed by atoms with Crippen LogP contribution in [0.25, 0.3) is 33.5 Å². The van der Waals surface area contributed by atoms with Gasteiger partial charge in [-0.05, 0) is 42.3 Å². The molecule has 0 spiro atoms. The molecular weight excluding hydrogens is 372 g/mol. The molecule has 0 unspecified atom stereocenters. The van der Waals surface area contributed by atoms with E-state index in [1.54, 1.807) is 24.8 Å². The van der Waals surface area contributed by atoms with Crippen molar-refractivity contribution < 1.29 is 0 Å². The molecule has 0 amide bonds. The summed E-state index contributed by atoms with van der Waals surface area (Å²) in [5, 5.41) is 4.73. The maximum atomic E-state index is 4.75. The van der Waals surface area contributed by atoms with Crippen LogP contribution in [0, 0.1) is 0 Å². The van der Waals surface area contributed by atoms with Crippen molar-refractivity contribution in [1.29, 1.82) is 0 Å². The molecule has 0 saturated carbocycles. The molecule has 0 aliphatic rings. The molecule has 0 aliphatic heterocycles. The average molecular weight is 392 g/mol. The van der Waals surface area contributed by atoms with Crippen LogP contribution < -0.4 is 5.32 Å². The first-order valence-corrected chi connectivity index (χ1v) is 9.85. The molecule has 1 aromatic carbocycles. The number of para-hydroxylation sites is 1. The Morgan fingerprint density at radius 3 is 2.60 bits per heavy atom. The highest BCUT2D eigenvalue weighted by molar-refractivity contribution is 5.83. The van der Waals surface area contributed by atoms with Gasteiger partial charge in [0.1, 0.15) is 5.82 Å². The SMILES string of the molecule is c1cncc(-c2nc(NCCc3c[nH]c4ccccc34)cc(-c3ccncc3)n2)c1. The van der Waals surface area contributed by atoms with Gasteiger partial charge in [-0.25, -0.2) is 9.97 Å². The van der Waals surface area contributed by atoms with Gasteiger partial charge < -0.3 is 10.3 Å². The van der Waals surface area contributed by atoms with Crippen LogP contribution in [0.4, 0.5) is 5.82 Å². The first-order valence-electron chi connectivity index (χ1n) is 9.85. The second-order valence-corrected chi connectivity index (χ2v) is 6.98. The normalized spacial score (nSPS) is 10.9. The molecule has 4 heterocycles. The summed E-state index contributed by atoms with van der Waals surface area (Å²) in [4.78, 5) is 21.1. The molecule has 6 heteroatoms. The molecular formula is C24H20N6. The fourth-order valence-corrected chi connectivity index (χ4v) is 3.50. The molecule has 0 aliphatic carbocycles. The van der Waals surface area contributed by atoms with E-state index in [1.165, 1.54) is 10.9 Å². The first-order chi connectivity index (χ1) is 14.9. The third-order valence-corrected chi connectivity index (χ3v) is 5.00. The Morgan fingerprint density at radius 1 is 0.833 bits per heavy atom. The van der Waals surface area contributed by atoms with Crippen LogP contribution in [0.5, 0.6) is 0 Å². The number of anilines is 1. The van der Waals surface area contributed by atoms with Crippen molar-refractivity contribution >= 4 is 16.7 Å². The number of fused-ring (bicyclic) bond motifs is 1. The lowest BCUT2D eigenvalue weighted by Crippen LogP contribution is -2.07. The summed E-state index contributed by atoms with van der Waals surface area (Å²) in [6.07, 6.45) is 10.0. The number of H-pyrrole nitrogens is 1. The molecule has 0 fully saturated rings. The van der Waals surface area contributed by atoms with Crippen LogP contribution >= 0.6 is 0 Å².